The Morgan fingerprint density at radius 3 is 2.60 bits per heavy atom. The summed E-state index contributed by atoms with van der Waals surface area (Å²) in [6.07, 6.45) is 1.80. The zero-order chi connectivity index (χ0) is 12.8. The molecule has 0 fully saturated rings. The van der Waals surface area contributed by atoms with Crippen molar-refractivity contribution in [3.8, 4) is 0 Å². The van der Waals surface area contributed by atoms with Crippen LogP contribution in [0.3, 0.4) is 0 Å². The first-order valence-electron chi connectivity index (χ1n) is 5.95. The van der Waals surface area contributed by atoms with E-state index in [1.54, 1.807) is 6.20 Å². The Labute approximate surface area is 130 Å². The molecule has 2 rings (SSSR count). The van der Waals surface area contributed by atoms with E-state index in [1.165, 1.54) is 0 Å². The summed E-state index contributed by atoms with van der Waals surface area (Å²) >= 11 is 0. The summed E-state index contributed by atoms with van der Waals surface area (Å²) in [7, 11) is 0. The number of hydrogen-bond donors (Lipinski definition) is 1. The van der Waals surface area contributed by atoms with Crippen molar-refractivity contribution in [3.05, 3.63) is 41.8 Å². The van der Waals surface area contributed by atoms with Gasteiger partial charge < -0.3 is 10.3 Å². The van der Waals surface area contributed by atoms with Crippen molar-refractivity contribution >= 4 is 24.8 Å². The van der Waals surface area contributed by atoms with Gasteiger partial charge in [0.2, 0.25) is 5.89 Å². The minimum absolute atomic E-state index is 0. The van der Waals surface area contributed by atoms with Crippen LogP contribution in [0, 0.1) is 0 Å². The Kier molecular flexibility index (Phi) is 9.07. The third kappa shape index (κ3) is 5.42. The fraction of sp³-hybridized carbons (Fsp3) is 0.417. The SMILES string of the molecule is CCN(Cc1ccccn1)Cc1noc(CN)n1.Cl.Cl. The molecule has 6 nitrogen and oxygen atoms in total. The van der Waals surface area contributed by atoms with Gasteiger partial charge in [0.1, 0.15) is 0 Å². The molecule has 0 unspecified atom stereocenters. The van der Waals surface area contributed by atoms with Crippen molar-refractivity contribution in [2.45, 2.75) is 26.6 Å². The van der Waals surface area contributed by atoms with E-state index in [1.807, 2.05) is 18.2 Å². The van der Waals surface area contributed by atoms with Gasteiger partial charge in [0, 0.05) is 12.7 Å². The average molecular weight is 320 g/mol. The van der Waals surface area contributed by atoms with Crippen molar-refractivity contribution in [2.24, 2.45) is 5.73 Å². The molecule has 0 saturated heterocycles. The van der Waals surface area contributed by atoms with Gasteiger partial charge in [0.25, 0.3) is 0 Å². The molecule has 112 valence electrons. The molecule has 0 aliphatic heterocycles. The molecule has 2 aromatic heterocycles. The van der Waals surface area contributed by atoms with Crippen LogP contribution >= 0.6 is 24.8 Å². The summed E-state index contributed by atoms with van der Waals surface area (Å²) in [4.78, 5) is 10.7. The number of halogens is 2. The highest BCUT2D eigenvalue weighted by atomic mass is 35.5. The molecule has 20 heavy (non-hydrogen) atoms. The number of pyridine rings is 1. The van der Waals surface area contributed by atoms with Crippen molar-refractivity contribution in [3.63, 3.8) is 0 Å². The summed E-state index contributed by atoms with van der Waals surface area (Å²) in [6.45, 7) is 4.66. The molecule has 2 aromatic rings. The maximum atomic E-state index is 5.43. The minimum Gasteiger partial charge on any atom is -0.338 e. The lowest BCUT2D eigenvalue weighted by Crippen LogP contribution is -2.23. The highest BCUT2D eigenvalue weighted by Gasteiger charge is 2.10. The highest BCUT2D eigenvalue weighted by Crippen LogP contribution is 2.06. The van der Waals surface area contributed by atoms with E-state index < -0.39 is 0 Å². The van der Waals surface area contributed by atoms with Crippen LogP contribution in [0.1, 0.15) is 24.3 Å². The standard InChI is InChI=1S/C12H17N5O.2ClH/c1-2-17(8-10-5-3-4-6-14-10)9-11-15-12(7-13)18-16-11;;/h3-6H,2,7-9,13H2,1H3;2*1H. The van der Waals surface area contributed by atoms with E-state index >= 15 is 0 Å². The highest BCUT2D eigenvalue weighted by molar-refractivity contribution is 5.85. The van der Waals surface area contributed by atoms with Crippen molar-refractivity contribution in [2.75, 3.05) is 6.54 Å². The first-order valence-corrected chi connectivity index (χ1v) is 5.95. The van der Waals surface area contributed by atoms with Gasteiger partial charge in [0.15, 0.2) is 5.82 Å². The lowest BCUT2D eigenvalue weighted by atomic mass is 10.3. The van der Waals surface area contributed by atoms with E-state index in [4.69, 9.17) is 10.3 Å². The first kappa shape index (κ1) is 18.8. The monoisotopic (exact) mass is 319 g/mol. The number of nitrogens with two attached hydrogens (primary N) is 1. The van der Waals surface area contributed by atoms with Crippen LogP contribution < -0.4 is 5.73 Å². The second kappa shape index (κ2) is 9.66. The molecule has 0 atom stereocenters. The lowest BCUT2D eigenvalue weighted by Gasteiger charge is -2.17. The van der Waals surface area contributed by atoms with Crippen molar-refractivity contribution in [1.29, 1.82) is 0 Å². The smallest absolute Gasteiger partial charge is 0.240 e. The Hall–Kier alpha value is -1.21. The molecular formula is C12H19Cl2N5O. The van der Waals surface area contributed by atoms with Crippen LogP contribution in [0.5, 0.6) is 0 Å². The molecule has 0 saturated carbocycles. The molecule has 0 spiro atoms. The second-order valence-corrected chi connectivity index (χ2v) is 3.93. The van der Waals surface area contributed by atoms with Gasteiger partial charge >= 0.3 is 0 Å². The second-order valence-electron chi connectivity index (χ2n) is 3.93. The quantitative estimate of drug-likeness (QED) is 0.874. The topological polar surface area (TPSA) is 81.1 Å². The maximum absolute atomic E-state index is 5.43. The molecule has 0 aromatic carbocycles. The zero-order valence-electron chi connectivity index (χ0n) is 11.2. The number of nitrogens with zero attached hydrogens (tertiary/aromatic N) is 4. The summed E-state index contributed by atoms with van der Waals surface area (Å²) in [5.41, 5.74) is 6.46. The summed E-state index contributed by atoms with van der Waals surface area (Å²) < 4.78 is 4.98. The molecule has 0 radical (unpaired) electrons. The van der Waals surface area contributed by atoms with Crippen LogP contribution in [0.15, 0.2) is 28.9 Å². The van der Waals surface area contributed by atoms with Gasteiger partial charge in [-0.2, -0.15) is 4.98 Å². The zero-order valence-corrected chi connectivity index (χ0v) is 12.9. The Bertz CT molecular complexity index is 480. The van der Waals surface area contributed by atoms with E-state index in [-0.39, 0.29) is 31.4 Å². The van der Waals surface area contributed by atoms with Crippen molar-refractivity contribution in [1.82, 2.24) is 20.0 Å². The van der Waals surface area contributed by atoms with E-state index in [9.17, 15) is 0 Å². The molecular weight excluding hydrogens is 301 g/mol. The van der Waals surface area contributed by atoms with Gasteiger partial charge in [-0.25, -0.2) is 0 Å². The van der Waals surface area contributed by atoms with E-state index in [0.717, 1.165) is 18.8 Å². The van der Waals surface area contributed by atoms with Gasteiger partial charge in [0.05, 0.1) is 18.8 Å². The van der Waals surface area contributed by atoms with Gasteiger partial charge in [-0.3, -0.25) is 9.88 Å². The van der Waals surface area contributed by atoms with Crippen molar-refractivity contribution < 1.29 is 4.52 Å². The van der Waals surface area contributed by atoms with Crippen LogP contribution in [-0.4, -0.2) is 26.6 Å². The third-order valence-electron chi connectivity index (χ3n) is 2.61. The van der Waals surface area contributed by atoms with Gasteiger partial charge in [-0.15, -0.1) is 24.8 Å². The van der Waals surface area contributed by atoms with Crippen LogP contribution in [-0.2, 0) is 19.6 Å². The lowest BCUT2D eigenvalue weighted by molar-refractivity contribution is 0.256. The van der Waals surface area contributed by atoms with E-state index in [2.05, 4.69) is 26.9 Å². The first-order chi connectivity index (χ1) is 8.81. The van der Waals surface area contributed by atoms with Gasteiger partial charge in [-0.05, 0) is 18.7 Å². The number of rotatable bonds is 6. The number of aromatic nitrogens is 3. The predicted molar refractivity (Wildman–Crippen MR) is 80.7 cm³/mol. The fourth-order valence-electron chi connectivity index (χ4n) is 1.64. The molecule has 0 bridgehead atoms. The fourth-order valence-corrected chi connectivity index (χ4v) is 1.64. The van der Waals surface area contributed by atoms with E-state index in [0.29, 0.717) is 18.3 Å². The molecule has 8 heteroatoms. The normalized spacial score (nSPS) is 9.95. The number of hydrogen-bond acceptors (Lipinski definition) is 6. The van der Waals surface area contributed by atoms with Crippen LogP contribution in [0.25, 0.3) is 0 Å². The molecule has 2 heterocycles. The Morgan fingerprint density at radius 2 is 2.05 bits per heavy atom. The summed E-state index contributed by atoms with van der Waals surface area (Å²) in [6, 6.07) is 5.90. The Morgan fingerprint density at radius 1 is 1.25 bits per heavy atom. The molecule has 0 amide bonds. The summed E-state index contributed by atoms with van der Waals surface area (Å²) in [5, 5.41) is 3.89. The predicted octanol–water partition coefficient (Wildman–Crippen LogP) is 1.79. The van der Waals surface area contributed by atoms with Crippen LogP contribution in [0.2, 0.25) is 0 Å². The third-order valence-corrected chi connectivity index (χ3v) is 2.61. The van der Waals surface area contributed by atoms with Gasteiger partial charge in [-0.1, -0.05) is 18.1 Å². The molecule has 0 aliphatic rings. The minimum atomic E-state index is 0. The Balaban J connectivity index is 0.00000180. The largest absolute Gasteiger partial charge is 0.338 e. The molecule has 0 aliphatic carbocycles. The van der Waals surface area contributed by atoms with Crippen LogP contribution in [0.4, 0.5) is 0 Å². The maximum Gasteiger partial charge on any atom is 0.240 e. The summed E-state index contributed by atoms with van der Waals surface area (Å²) in [5.74, 6) is 1.13. The average Bonchev–Trinajstić information content (AvgIpc) is 2.87. The molecule has 2 N–H and O–H groups in total.